The van der Waals surface area contributed by atoms with Crippen LogP contribution in [-0.2, 0) is 16.4 Å². The van der Waals surface area contributed by atoms with Crippen molar-refractivity contribution in [1.29, 1.82) is 0 Å². The summed E-state index contributed by atoms with van der Waals surface area (Å²) in [7, 11) is -4.28. The number of sulfonamides is 1. The molecule has 280 valence electrons. The zero-order chi connectivity index (χ0) is 37.1. The van der Waals surface area contributed by atoms with Crippen molar-refractivity contribution in [3.8, 4) is 23.0 Å². The van der Waals surface area contributed by atoms with Crippen LogP contribution in [0, 0.1) is 5.41 Å². The van der Waals surface area contributed by atoms with Gasteiger partial charge in [0.25, 0.3) is 16.4 Å². The summed E-state index contributed by atoms with van der Waals surface area (Å²) in [6, 6.07) is 13.6. The normalized spacial score (nSPS) is 18.8. The number of hydrogen-bond acceptors (Lipinski definition) is 9. The van der Waals surface area contributed by atoms with Crippen LogP contribution >= 0.6 is 0 Å². The van der Waals surface area contributed by atoms with E-state index in [1.165, 1.54) is 29.2 Å². The molecule has 3 aromatic heterocycles. The standard InChI is InChI=1S/C35H41F5N8O3S/c1-34(2,35(38,39)40)23-51-30-16-19-48(44-30)33-32-26-12-7-6-11-24(26)10-5-3-4-8-17-47(25-15-18-46(21-25)22-27(36)37)29-13-9-14-31(43-29)52(49,50)45-28(42-32)20-41-33/h6-7,9,11-14,16,19-20,25,27H,3-5,8,10,15,17-18,21-23H2,1-2H3,(H,42,45)/t25-/m0/s1. The van der Waals surface area contributed by atoms with Gasteiger partial charge in [0, 0.05) is 43.5 Å². The number of halogens is 5. The second-order valence-electron chi connectivity index (χ2n) is 13.7. The fourth-order valence-electron chi connectivity index (χ4n) is 6.35. The molecule has 2 aliphatic rings. The number of anilines is 2. The molecule has 0 spiro atoms. The topological polar surface area (TPSA) is 118 Å². The molecule has 0 amide bonds. The summed E-state index contributed by atoms with van der Waals surface area (Å²) in [6.45, 7) is 2.65. The number of nitrogens with one attached hydrogen (secondary N) is 1. The lowest BCUT2D eigenvalue weighted by Gasteiger charge is -2.31. The van der Waals surface area contributed by atoms with Crippen LogP contribution in [0.2, 0.25) is 0 Å². The first-order chi connectivity index (χ1) is 24.7. The quantitative estimate of drug-likeness (QED) is 0.205. The second kappa shape index (κ2) is 15.3. The van der Waals surface area contributed by atoms with Crippen molar-refractivity contribution in [2.24, 2.45) is 5.41 Å². The van der Waals surface area contributed by atoms with Crippen LogP contribution < -0.4 is 14.4 Å². The number of fused-ring (bicyclic) bond motifs is 6. The third kappa shape index (κ3) is 8.62. The second-order valence-corrected chi connectivity index (χ2v) is 15.4. The van der Waals surface area contributed by atoms with E-state index in [-0.39, 0.29) is 35.1 Å². The number of aromatic nitrogens is 5. The highest BCUT2D eigenvalue weighted by Crippen LogP contribution is 2.38. The lowest BCUT2D eigenvalue weighted by atomic mass is 9.94. The van der Waals surface area contributed by atoms with E-state index in [0.29, 0.717) is 49.6 Å². The van der Waals surface area contributed by atoms with Crippen LogP contribution in [0.1, 0.15) is 51.5 Å². The van der Waals surface area contributed by atoms with Crippen LogP contribution in [0.3, 0.4) is 0 Å². The van der Waals surface area contributed by atoms with E-state index < -0.39 is 34.6 Å². The molecule has 1 fully saturated rings. The van der Waals surface area contributed by atoms with Crippen LogP contribution in [-0.4, -0.2) is 89.5 Å². The van der Waals surface area contributed by atoms with Crippen LogP contribution in [0.15, 0.2) is 66.0 Å². The van der Waals surface area contributed by atoms with Gasteiger partial charge in [-0.2, -0.15) is 21.6 Å². The van der Waals surface area contributed by atoms with Crippen LogP contribution in [0.4, 0.5) is 33.6 Å². The Hall–Kier alpha value is -4.38. The predicted octanol–water partition coefficient (Wildman–Crippen LogP) is 6.75. The Morgan fingerprint density at radius 3 is 2.56 bits per heavy atom. The molecular weight excluding hydrogens is 707 g/mol. The SMILES string of the molecule is CC(C)(COc1ccn(-c2ncc3nc2-c2ccccc2CCCCCCN([C@H]2CCN(CC(F)F)C2)c2cccc(n2)S(=O)(=O)N3)n1)C(F)(F)F. The molecule has 1 N–H and O–H groups in total. The number of pyridine rings is 1. The first-order valence-electron chi connectivity index (χ1n) is 17.2. The van der Waals surface area contributed by atoms with Gasteiger partial charge in [0.1, 0.15) is 18.1 Å². The molecule has 0 aliphatic carbocycles. The fraction of sp³-hybridized carbons (Fsp3) is 0.486. The van der Waals surface area contributed by atoms with Gasteiger partial charge in [-0.15, -0.1) is 5.10 Å². The monoisotopic (exact) mass is 748 g/mol. The van der Waals surface area contributed by atoms with Crippen LogP contribution in [0.25, 0.3) is 17.1 Å². The van der Waals surface area contributed by atoms with E-state index in [1.54, 1.807) is 17.0 Å². The predicted molar refractivity (Wildman–Crippen MR) is 185 cm³/mol. The third-order valence-corrected chi connectivity index (χ3v) is 10.6. The van der Waals surface area contributed by atoms with Crippen molar-refractivity contribution in [2.75, 3.05) is 42.4 Å². The minimum absolute atomic E-state index is 0.0482. The summed E-state index contributed by atoms with van der Waals surface area (Å²) < 4.78 is 103. The van der Waals surface area contributed by atoms with Gasteiger partial charge in [-0.3, -0.25) is 9.62 Å². The average molecular weight is 749 g/mol. The Bertz CT molecular complexity index is 1960. The molecule has 17 heteroatoms. The Kier molecular flexibility index (Phi) is 11.0. The third-order valence-electron chi connectivity index (χ3n) is 9.35. The van der Waals surface area contributed by atoms with Crippen molar-refractivity contribution in [3.05, 3.63) is 66.5 Å². The van der Waals surface area contributed by atoms with Gasteiger partial charge < -0.3 is 9.64 Å². The van der Waals surface area contributed by atoms with E-state index in [1.807, 2.05) is 29.2 Å². The number of ether oxygens (including phenoxy) is 1. The number of benzene rings is 1. The molecule has 0 radical (unpaired) electrons. The van der Waals surface area contributed by atoms with Gasteiger partial charge in [0.15, 0.2) is 16.7 Å². The van der Waals surface area contributed by atoms with Gasteiger partial charge in [-0.1, -0.05) is 43.2 Å². The highest BCUT2D eigenvalue weighted by Gasteiger charge is 2.48. The van der Waals surface area contributed by atoms with Crippen molar-refractivity contribution < 1.29 is 35.1 Å². The summed E-state index contributed by atoms with van der Waals surface area (Å²) in [5.41, 5.74) is -0.182. The molecule has 4 bridgehead atoms. The molecule has 1 atom stereocenters. The molecule has 11 nitrogen and oxygen atoms in total. The maximum Gasteiger partial charge on any atom is 0.397 e. The van der Waals surface area contributed by atoms with Crippen molar-refractivity contribution >= 4 is 21.7 Å². The molecule has 5 heterocycles. The number of hydrogen-bond donors (Lipinski definition) is 1. The smallest absolute Gasteiger partial charge is 0.397 e. The van der Waals surface area contributed by atoms with Crippen molar-refractivity contribution in [3.63, 3.8) is 0 Å². The number of nitrogens with zero attached hydrogens (tertiary/aromatic N) is 7. The summed E-state index contributed by atoms with van der Waals surface area (Å²) in [6.07, 6.45) is 0.567. The molecule has 6 rings (SSSR count). The first kappa shape index (κ1) is 37.4. The van der Waals surface area contributed by atoms with Gasteiger partial charge >= 0.3 is 6.18 Å². The number of alkyl halides is 5. The maximum absolute atomic E-state index is 13.8. The molecule has 2 aliphatic heterocycles. The average Bonchev–Trinajstić information content (AvgIpc) is 3.76. The zero-order valence-corrected chi connectivity index (χ0v) is 29.7. The minimum Gasteiger partial charge on any atom is -0.476 e. The van der Waals surface area contributed by atoms with Gasteiger partial charge in [0.2, 0.25) is 5.88 Å². The molecule has 52 heavy (non-hydrogen) atoms. The van der Waals surface area contributed by atoms with Gasteiger partial charge in [-0.25, -0.2) is 28.4 Å². The Balaban J connectivity index is 1.34. The zero-order valence-electron chi connectivity index (χ0n) is 28.9. The van der Waals surface area contributed by atoms with E-state index in [9.17, 15) is 30.4 Å². The Morgan fingerprint density at radius 1 is 0.981 bits per heavy atom. The molecular formula is C35H41F5N8O3S. The Labute approximate surface area is 299 Å². The number of likely N-dealkylation sites (tertiary alicyclic amines) is 1. The maximum atomic E-state index is 13.8. The molecule has 1 aromatic carbocycles. The molecule has 4 aromatic rings. The largest absolute Gasteiger partial charge is 0.476 e. The lowest BCUT2D eigenvalue weighted by molar-refractivity contribution is -0.219. The summed E-state index contributed by atoms with van der Waals surface area (Å²) in [4.78, 5) is 17.5. The lowest BCUT2D eigenvalue weighted by Crippen LogP contribution is -2.40. The van der Waals surface area contributed by atoms with E-state index in [0.717, 1.165) is 45.1 Å². The molecule has 1 saturated heterocycles. The fourth-order valence-corrected chi connectivity index (χ4v) is 7.30. The number of rotatable bonds is 7. The van der Waals surface area contributed by atoms with Gasteiger partial charge in [-0.05, 0) is 57.2 Å². The van der Waals surface area contributed by atoms with Crippen molar-refractivity contribution in [2.45, 2.75) is 76.0 Å². The van der Waals surface area contributed by atoms with Crippen LogP contribution in [0.5, 0.6) is 5.88 Å². The molecule has 0 unspecified atom stereocenters. The van der Waals surface area contributed by atoms with E-state index >= 15 is 0 Å². The van der Waals surface area contributed by atoms with Gasteiger partial charge in [0.05, 0.1) is 18.2 Å². The van der Waals surface area contributed by atoms with Crippen molar-refractivity contribution in [1.82, 2.24) is 29.6 Å². The summed E-state index contributed by atoms with van der Waals surface area (Å²) in [5, 5.41) is 4.08. The highest BCUT2D eigenvalue weighted by atomic mass is 32.2. The molecule has 0 saturated carbocycles. The summed E-state index contributed by atoms with van der Waals surface area (Å²) in [5.74, 6) is 0.524. The minimum atomic E-state index is -4.48. The summed E-state index contributed by atoms with van der Waals surface area (Å²) >= 11 is 0. The first-order valence-corrected chi connectivity index (χ1v) is 18.7. The highest BCUT2D eigenvalue weighted by molar-refractivity contribution is 7.92. The van der Waals surface area contributed by atoms with E-state index in [4.69, 9.17) is 9.72 Å². The van der Waals surface area contributed by atoms with E-state index in [2.05, 4.69) is 19.8 Å². The number of aryl methyl sites for hydroxylation is 1. The Morgan fingerprint density at radius 2 is 1.77 bits per heavy atom.